The second-order valence-corrected chi connectivity index (χ2v) is 5.90. The highest BCUT2D eigenvalue weighted by Gasteiger charge is 2.25. The third kappa shape index (κ3) is 2.01. The van der Waals surface area contributed by atoms with Crippen molar-refractivity contribution >= 4 is 11.3 Å². The van der Waals surface area contributed by atoms with Crippen LogP contribution in [0.4, 0.5) is 0 Å². The molecule has 1 N–H and O–H groups in total. The molecule has 0 bridgehead atoms. The number of rotatable bonds is 2. The molecule has 2 heterocycles. The molecule has 0 amide bonds. The van der Waals surface area contributed by atoms with E-state index >= 15 is 0 Å². The average Bonchev–Trinajstić information content (AvgIpc) is 2.64. The normalized spacial score (nSPS) is 27.9. The van der Waals surface area contributed by atoms with E-state index < -0.39 is 0 Å². The van der Waals surface area contributed by atoms with Gasteiger partial charge in [-0.05, 0) is 19.9 Å². The SMILES string of the molecule is CN1CCNC(c2nc(C3CCC3)cs2)C1. The number of nitrogens with one attached hydrogen (secondary N) is 1. The van der Waals surface area contributed by atoms with Crippen LogP contribution in [-0.4, -0.2) is 36.6 Å². The summed E-state index contributed by atoms with van der Waals surface area (Å²) in [4.78, 5) is 7.20. The van der Waals surface area contributed by atoms with Gasteiger partial charge in [-0.2, -0.15) is 0 Å². The first kappa shape index (κ1) is 10.7. The number of nitrogens with zero attached hydrogens (tertiary/aromatic N) is 2. The van der Waals surface area contributed by atoms with E-state index in [2.05, 4.69) is 22.6 Å². The Morgan fingerprint density at radius 2 is 2.38 bits per heavy atom. The predicted octanol–water partition coefficient (Wildman–Crippen LogP) is 1.99. The monoisotopic (exact) mass is 237 g/mol. The van der Waals surface area contributed by atoms with Gasteiger partial charge in [-0.1, -0.05) is 6.42 Å². The van der Waals surface area contributed by atoms with Crippen molar-refractivity contribution in [3.63, 3.8) is 0 Å². The van der Waals surface area contributed by atoms with Gasteiger partial charge in [-0.25, -0.2) is 4.98 Å². The highest BCUT2D eigenvalue weighted by atomic mass is 32.1. The largest absolute Gasteiger partial charge is 0.306 e. The van der Waals surface area contributed by atoms with Crippen molar-refractivity contribution in [3.05, 3.63) is 16.1 Å². The van der Waals surface area contributed by atoms with Gasteiger partial charge in [0.2, 0.25) is 0 Å². The lowest BCUT2D eigenvalue weighted by Gasteiger charge is -2.29. The number of hydrogen-bond acceptors (Lipinski definition) is 4. The average molecular weight is 237 g/mol. The van der Waals surface area contributed by atoms with E-state index in [4.69, 9.17) is 4.98 Å². The Bertz CT molecular complexity index is 359. The van der Waals surface area contributed by atoms with Crippen LogP contribution in [-0.2, 0) is 0 Å². The lowest BCUT2D eigenvalue weighted by molar-refractivity contribution is 0.240. The van der Waals surface area contributed by atoms with Crippen LogP contribution in [0.25, 0.3) is 0 Å². The van der Waals surface area contributed by atoms with Crippen LogP contribution in [0.15, 0.2) is 5.38 Å². The molecule has 16 heavy (non-hydrogen) atoms. The first-order valence-electron chi connectivity index (χ1n) is 6.20. The predicted molar refractivity (Wildman–Crippen MR) is 66.9 cm³/mol. The van der Waals surface area contributed by atoms with E-state index in [1.54, 1.807) is 0 Å². The minimum absolute atomic E-state index is 0.456. The van der Waals surface area contributed by atoms with Gasteiger partial charge < -0.3 is 10.2 Å². The zero-order valence-corrected chi connectivity index (χ0v) is 10.6. The first-order chi connectivity index (χ1) is 7.83. The van der Waals surface area contributed by atoms with Gasteiger partial charge in [-0.15, -0.1) is 11.3 Å². The van der Waals surface area contributed by atoms with Gasteiger partial charge >= 0.3 is 0 Å². The Morgan fingerprint density at radius 1 is 1.50 bits per heavy atom. The molecule has 1 unspecified atom stereocenters. The summed E-state index contributed by atoms with van der Waals surface area (Å²) in [5.41, 5.74) is 1.35. The molecule has 0 radical (unpaired) electrons. The van der Waals surface area contributed by atoms with Gasteiger partial charge in [0.1, 0.15) is 5.01 Å². The van der Waals surface area contributed by atoms with Crippen LogP contribution in [0.1, 0.15) is 41.9 Å². The lowest BCUT2D eigenvalue weighted by atomic mass is 9.83. The number of likely N-dealkylation sites (N-methyl/N-ethyl adjacent to an activating group) is 1. The molecule has 3 rings (SSSR count). The fourth-order valence-electron chi connectivity index (χ4n) is 2.41. The maximum Gasteiger partial charge on any atom is 0.111 e. The molecular weight excluding hydrogens is 218 g/mol. The van der Waals surface area contributed by atoms with Crippen LogP contribution in [0.2, 0.25) is 0 Å². The van der Waals surface area contributed by atoms with Crippen molar-refractivity contribution in [1.29, 1.82) is 0 Å². The van der Waals surface area contributed by atoms with E-state index in [-0.39, 0.29) is 0 Å². The Kier molecular flexibility index (Phi) is 2.96. The zero-order chi connectivity index (χ0) is 11.0. The standard InChI is InChI=1S/C12H19N3S/c1-15-6-5-13-10(7-15)12-14-11(8-16-12)9-3-2-4-9/h8-10,13H,2-7H2,1H3. The van der Waals surface area contributed by atoms with Crippen molar-refractivity contribution in [2.24, 2.45) is 0 Å². The quantitative estimate of drug-likeness (QED) is 0.852. The van der Waals surface area contributed by atoms with Gasteiger partial charge in [0.05, 0.1) is 11.7 Å². The summed E-state index contributed by atoms with van der Waals surface area (Å²) in [5, 5.41) is 7.12. The van der Waals surface area contributed by atoms with E-state index in [1.807, 2.05) is 11.3 Å². The third-order valence-corrected chi connectivity index (χ3v) is 4.72. The van der Waals surface area contributed by atoms with Crippen molar-refractivity contribution in [2.75, 3.05) is 26.7 Å². The number of hydrogen-bond donors (Lipinski definition) is 1. The van der Waals surface area contributed by atoms with Crippen molar-refractivity contribution < 1.29 is 0 Å². The Labute approximate surface area is 101 Å². The molecule has 1 saturated heterocycles. The third-order valence-electron chi connectivity index (χ3n) is 3.74. The zero-order valence-electron chi connectivity index (χ0n) is 9.78. The van der Waals surface area contributed by atoms with Crippen LogP contribution >= 0.6 is 11.3 Å². The second kappa shape index (κ2) is 4.43. The van der Waals surface area contributed by atoms with Crippen molar-refractivity contribution in [2.45, 2.75) is 31.2 Å². The Hall–Kier alpha value is -0.450. The summed E-state index contributed by atoms with van der Waals surface area (Å²) in [6.07, 6.45) is 4.09. The molecule has 2 aliphatic rings. The topological polar surface area (TPSA) is 28.2 Å². The molecule has 88 valence electrons. The molecule has 3 nitrogen and oxygen atoms in total. The minimum atomic E-state index is 0.456. The first-order valence-corrected chi connectivity index (χ1v) is 7.08. The van der Waals surface area contributed by atoms with Gasteiger partial charge in [-0.3, -0.25) is 0 Å². The molecule has 1 atom stereocenters. The molecule has 1 saturated carbocycles. The number of piperazine rings is 1. The highest BCUT2D eigenvalue weighted by molar-refractivity contribution is 7.09. The fourth-order valence-corrected chi connectivity index (χ4v) is 3.38. The summed E-state index contributed by atoms with van der Waals surface area (Å²) in [7, 11) is 2.19. The van der Waals surface area contributed by atoms with Crippen LogP contribution in [0.3, 0.4) is 0 Å². The van der Waals surface area contributed by atoms with E-state index in [0.29, 0.717) is 6.04 Å². The van der Waals surface area contributed by atoms with Crippen molar-refractivity contribution in [3.8, 4) is 0 Å². The summed E-state index contributed by atoms with van der Waals surface area (Å²) >= 11 is 1.84. The number of aromatic nitrogens is 1. The molecule has 0 aromatic carbocycles. The summed E-state index contributed by atoms with van der Waals surface area (Å²) in [6, 6.07) is 0.456. The molecule has 1 aliphatic carbocycles. The summed E-state index contributed by atoms with van der Waals surface area (Å²) < 4.78 is 0. The molecular formula is C12H19N3S. The summed E-state index contributed by atoms with van der Waals surface area (Å²) in [5.74, 6) is 0.770. The van der Waals surface area contributed by atoms with Gasteiger partial charge in [0, 0.05) is 30.9 Å². The molecule has 2 fully saturated rings. The second-order valence-electron chi connectivity index (χ2n) is 5.01. The van der Waals surface area contributed by atoms with E-state index in [9.17, 15) is 0 Å². The number of thiazole rings is 1. The van der Waals surface area contributed by atoms with Crippen LogP contribution in [0.5, 0.6) is 0 Å². The smallest absolute Gasteiger partial charge is 0.111 e. The molecule has 4 heteroatoms. The van der Waals surface area contributed by atoms with Gasteiger partial charge in [0.15, 0.2) is 0 Å². The molecule has 1 aromatic heterocycles. The fraction of sp³-hybridized carbons (Fsp3) is 0.750. The maximum atomic E-state index is 4.82. The maximum absolute atomic E-state index is 4.82. The highest BCUT2D eigenvalue weighted by Crippen LogP contribution is 2.37. The Morgan fingerprint density at radius 3 is 3.06 bits per heavy atom. The van der Waals surface area contributed by atoms with E-state index in [0.717, 1.165) is 25.6 Å². The van der Waals surface area contributed by atoms with Crippen LogP contribution in [0, 0.1) is 0 Å². The van der Waals surface area contributed by atoms with Crippen LogP contribution < -0.4 is 5.32 Å². The molecule has 1 aliphatic heterocycles. The minimum Gasteiger partial charge on any atom is -0.306 e. The van der Waals surface area contributed by atoms with E-state index in [1.165, 1.54) is 30.0 Å². The molecule has 0 spiro atoms. The molecule has 1 aromatic rings. The lowest BCUT2D eigenvalue weighted by Crippen LogP contribution is -2.43. The Balaban J connectivity index is 1.70. The van der Waals surface area contributed by atoms with Gasteiger partial charge in [0.25, 0.3) is 0 Å². The summed E-state index contributed by atoms with van der Waals surface area (Å²) in [6.45, 7) is 3.33. The van der Waals surface area contributed by atoms with Crippen molar-refractivity contribution in [1.82, 2.24) is 15.2 Å².